The van der Waals surface area contributed by atoms with Crippen molar-refractivity contribution >= 4 is 0 Å². The van der Waals surface area contributed by atoms with Crippen molar-refractivity contribution in [2.75, 3.05) is 7.05 Å². The molecular weight excluding hydrogens is 198 g/mol. The molecular formula is C13H23N3. The van der Waals surface area contributed by atoms with Gasteiger partial charge in [0.1, 0.15) is 5.82 Å². The zero-order chi connectivity index (χ0) is 11.4. The number of nitrogens with one attached hydrogen (secondary N) is 1. The van der Waals surface area contributed by atoms with Crippen LogP contribution in [0.3, 0.4) is 0 Å². The van der Waals surface area contributed by atoms with E-state index in [9.17, 15) is 0 Å². The second-order valence-electron chi connectivity index (χ2n) is 5.01. The molecule has 0 radical (unpaired) electrons. The molecule has 1 unspecified atom stereocenters. The van der Waals surface area contributed by atoms with Crippen LogP contribution in [0.25, 0.3) is 0 Å². The number of hydrogen-bond donors (Lipinski definition) is 1. The number of nitrogens with zero attached hydrogens (tertiary/aromatic N) is 2. The average molecular weight is 221 g/mol. The summed E-state index contributed by atoms with van der Waals surface area (Å²) in [6.07, 6.45) is 11.9. The van der Waals surface area contributed by atoms with E-state index in [0.717, 1.165) is 12.3 Å². The van der Waals surface area contributed by atoms with Crippen LogP contribution in [0.2, 0.25) is 0 Å². The van der Waals surface area contributed by atoms with E-state index in [-0.39, 0.29) is 0 Å². The van der Waals surface area contributed by atoms with Gasteiger partial charge in [0.2, 0.25) is 0 Å². The fourth-order valence-corrected chi connectivity index (χ4v) is 2.45. The Hall–Kier alpha value is -0.830. The van der Waals surface area contributed by atoms with E-state index in [0.29, 0.717) is 6.04 Å². The largest absolute Gasteiger partial charge is 0.338 e. The van der Waals surface area contributed by atoms with Gasteiger partial charge in [-0.05, 0) is 25.8 Å². The molecule has 1 aliphatic carbocycles. The molecule has 1 saturated carbocycles. The summed E-state index contributed by atoms with van der Waals surface area (Å²) in [5.41, 5.74) is 0. The maximum absolute atomic E-state index is 4.37. The predicted octanol–water partition coefficient (Wildman–Crippen LogP) is 2.13. The smallest absolute Gasteiger partial charge is 0.108 e. The second-order valence-corrected chi connectivity index (χ2v) is 5.01. The molecule has 0 aromatic carbocycles. The maximum atomic E-state index is 4.37. The number of aromatic nitrogens is 2. The van der Waals surface area contributed by atoms with Crippen LogP contribution in [0.5, 0.6) is 0 Å². The van der Waals surface area contributed by atoms with Gasteiger partial charge in [-0.2, -0.15) is 0 Å². The number of hydrogen-bond acceptors (Lipinski definition) is 2. The van der Waals surface area contributed by atoms with Crippen LogP contribution in [-0.4, -0.2) is 22.6 Å². The Morgan fingerprint density at radius 3 is 2.88 bits per heavy atom. The topological polar surface area (TPSA) is 29.9 Å². The van der Waals surface area contributed by atoms with E-state index in [4.69, 9.17) is 0 Å². The van der Waals surface area contributed by atoms with Crippen LogP contribution >= 0.6 is 0 Å². The molecule has 1 aromatic heterocycles. The number of imidazole rings is 1. The third-order valence-electron chi connectivity index (χ3n) is 3.89. The van der Waals surface area contributed by atoms with E-state index >= 15 is 0 Å². The summed E-state index contributed by atoms with van der Waals surface area (Å²) in [4.78, 5) is 4.37. The van der Waals surface area contributed by atoms with Gasteiger partial charge in [-0.1, -0.05) is 19.3 Å². The van der Waals surface area contributed by atoms with Crippen LogP contribution in [0.4, 0.5) is 0 Å². The minimum Gasteiger partial charge on any atom is -0.338 e. The van der Waals surface area contributed by atoms with Crippen molar-refractivity contribution in [1.82, 2.24) is 14.9 Å². The highest BCUT2D eigenvalue weighted by molar-refractivity contribution is 4.92. The highest BCUT2D eigenvalue weighted by atomic mass is 15.0. The fraction of sp³-hybridized carbons (Fsp3) is 0.769. The van der Waals surface area contributed by atoms with E-state index in [2.05, 4.69) is 29.0 Å². The van der Waals surface area contributed by atoms with Crippen molar-refractivity contribution in [3.8, 4) is 0 Å². The molecule has 3 heteroatoms. The van der Waals surface area contributed by atoms with Crippen molar-refractivity contribution in [3.63, 3.8) is 0 Å². The van der Waals surface area contributed by atoms with Crippen LogP contribution in [-0.2, 0) is 13.5 Å². The zero-order valence-electron chi connectivity index (χ0n) is 10.4. The van der Waals surface area contributed by atoms with Crippen LogP contribution in [0.1, 0.15) is 37.9 Å². The molecule has 2 rings (SSSR count). The summed E-state index contributed by atoms with van der Waals surface area (Å²) in [7, 11) is 4.16. The predicted molar refractivity (Wildman–Crippen MR) is 66.3 cm³/mol. The quantitative estimate of drug-likeness (QED) is 0.797. The summed E-state index contributed by atoms with van der Waals surface area (Å²) < 4.78 is 2.12. The number of rotatable bonds is 6. The minimum atomic E-state index is 0.669. The third-order valence-corrected chi connectivity index (χ3v) is 3.89. The molecule has 1 fully saturated rings. The summed E-state index contributed by atoms with van der Waals surface area (Å²) in [5, 5.41) is 3.45. The Morgan fingerprint density at radius 1 is 1.56 bits per heavy atom. The Morgan fingerprint density at radius 2 is 2.38 bits per heavy atom. The molecule has 0 amide bonds. The first-order valence-corrected chi connectivity index (χ1v) is 6.43. The van der Waals surface area contributed by atoms with Gasteiger partial charge >= 0.3 is 0 Å². The third kappa shape index (κ3) is 2.85. The van der Waals surface area contributed by atoms with Crippen LogP contribution in [0.15, 0.2) is 12.4 Å². The molecule has 3 nitrogen and oxygen atoms in total. The normalized spacial score (nSPS) is 18.4. The van der Waals surface area contributed by atoms with Gasteiger partial charge in [0.15, 0.2) is 0 Å². The molecule has 0 spiro atoms. The molecule has 0 bridgehead atoms. The van der Waals surface area contributed by atoms with Crippen molar-refractivity contribution in [1.29, 1.82) is 0 Å². The standard InChI is InChI=1S/C13H23N3/c1-14-12(10-11-4-3-5-11)6-7-13-15-8-9-16(13)2/h8-9,11-12,14H,3-7,10H2,1-2H3. The zero-order valence-corrected chi connectivity index (χ0v) is 10.4. The first kappa shape index (κ1) is 11.6. The summed E-state index contributed by atoms with van der Waals surface area (Å²) in [6, 6.07) is 0.669. The van der Waals surface area contributed by atoms with Gasteiger partial charge in [-0.15, -0.1) is 0 Å². The van der Waals surface area contributed by atoms with E-state index < -0.39 is 0 Å². The summed E-state index contributed by atoms with van der Waals surface area (Å²) in [6.45, 7) is 0. The molecule has 1 aromatic rings. The molecule has 1 heterocycles. The lowest BCUT2D eigenvalue weighted by Crippen LogP contribution is -2.30. The van der Waals surface area contributed by atoms with Gasteiger partial charge in [-0.3, -0.25) is 0 Å². The summed E-state index contributed by atoms with van der Waals surface area (Å²) in [5.74, 6) is 2.19. The van der Waals surface area contributed by atoms with E-state index in [1.165, 1.54) is 37.9 Å². The SMILES string of the molecule is CNC(CCc1nccn1C)CC1CCC1. The highest BCUT2D eigenvalue weighted by Gasteiger charge is 2.21. The van der Waals surface area contributed by atoms with E-state index in [1.54, 1.807) is 0 Å². The summed E-state index contributed by atoms with van der Waals surface area (Å²) >= 11 is 0. The van der Waals surface area contributed by atoms with Crippen molar-refractivity contribution in [2.24, 2.45) is 13.0 Å². The van der Waals surface area contributed by atoms with Gasteiger partial charge in [0.05, 0.1) is 0 Å². The minimum absolute atomic E-state index is 0.669. The van der Waals surface area contributed by atoms with E-state index in [1.807, 2.05) is 12.4 Å². The first-order chi connectivity index (χ1) is 7.79. The Bertz CT molecular complexity index is 315. The van der Waals surface area contributed by atoms with Crippen LogP contribution in [0, 0.1) is 5.92 Å². The highest BCUT2D eigenvalue weighted by Crippen LogP contribution is 2.31. The molecule has 1 atom stereocenters. The lowest BCUT2D eigenvalue weighted by molar-refractivity contribution is 0.258. The van der Waals surface area contributed by atoms with Crippen molar-refractivity contribution < 1.29 is 0 Å². The van der Waals surface area contributed by atoms with Crippen LogP contribution < -0.4 is 5.32 Å². The van der Waals surface area contributed by atoms with Gasteiger partial charge in [-0.25, -0.2) is 4.98 Å². The molecule has 90 valence electrons. The Kier molecular flexibility index (Phi) is 3.99. The first-order valence-electron chi connectivity index (χ1n) is 6.43. The van der Waals surface area contributed by atoms with Gasteiger partial charge < -0.3 is 9.88 Å². The second kappa shape index (κ2) is 5.48. The van der Waals surface area contributed by atoms with Gasteiger partial charge in [0, 0.05) is 31.9 Å². The molecule has 16 heavy (non-hydrogen) atoms. The monoisotopic (exact) mass is 221 g/mol. The Labute approximate surface area is 98.3 Å². The fourth-order valence-electron chi connectivity index (χ4n) is 2.45. The molecule has 1 aliphatic rings. The lowest BCUT2D eigenvalue weighted by Gasteiger charge is -2.29. The lowest BCUT2D eigenvalue weighted by atomic mass is 9.80. The van der Waals surface area contributed by atoms with Gasteiger partial charge in [0.25, 0.3) is 0 Å². The Balaban J connectivity index is 1.76. The van der Waals surface area contributed by atoms with Crippen molar-refractivity contribution in [3.05, 3.63) is 18.2 Å². The van der Waals surface area contributed by atoms with Crippen molar-refractivity contribution in [2.45, 2.75) is 44.6 Å². The molecule has 0 aliphatic heterocycles. The molecule has 0 saturated heterocycles. The maximum Gasteiger partial charge on any atom is 0.108 e. The molecule has 1 N–H and O–H groups in total. The number of aryl methyl sites for hydroxylation is 2. The average Bonchev–Trinajstić information content (AvgIpc) is 2.62.